The number of aromatic nitrogens is 3. The van der Waals surface area contributed by atoms with Gasteiger partial charge in [-0.15, -0.1) is 11.8 Å². The maximum Gasteiger partial charge on any atom is 0.345 e. The third-order valence-electron chi connectivity index (χ3n) is 8.64. The second-order valence-electron chi connectivity index (χ2n) is 11.0. The molecule has 2 atom stereocenters. The van der Waals surface area contributed by atoms with Crippen LogP contribution in [0.1, 0.15) is 61.6 Å². The first-order valence-corrected chi connectivity index (χ1v) is 15.0. The number of hydrogen-bond donors (Lipinski definition) is 1. The van der Waals surface area contributed by atoms with Crippen molar-refractivity contribution in [3.63, 3.8) is 0 Å². The first-order chi connectivity index (χ1) is 19.2. The highest BCUT2D eigenvalue weighted by atomic mass is 32.2. The van der Waals surface area contributed by atoms with E-state index < -0.39 is 12.5 Å². The average molecular weight is 575 g/mol. The molecule has 2 aliphatic heterocycles. The van der Waals surface area contributed by atoms with Gasteiger partial charge in [0.2, 0.25) is 0 Å². The van der Waals surface area contributed by atoms with Gasteiger partial charge in [0, 0.05) is 54.2 Å². The lowest BCUT2D eigenvalue weighted by atomic mass is 9.80. The topological polar surface area (TPSA) is 102 Å². The number of hydrogen-bond acceptors (Lipinski definition) is 7. The van der Waals surface area contributed by atoms with Crippen molar-refractivity contribution in [1.29, 1.82) is 0 Å². The number of halogens is 2. The highest BCUT2D eigenvalue weighted by molar-refractivity contribution is 8.02. The van der Waals surface area contributed by atoms with Gasteiger partial charge in [-0.05, 0) is 64.7 Å². The predicted molar refractivity (Wildman–Crippen MR) is 151 cm³/mol. The molecule has 1 N–H and O–H groups in total. The summed E-state index contributed by atoms with van der Waals surface area (Å²) >= 11 is 1.49. The van der Waals surface area contributed by atoms with E-state index in [0.717, 1.165) is 41.9 Å². The van der Waals surface area contributed by atoms with Gasteiger partial charge in [-0.1, -0.05) is 0 Å². The summed E-state index contributed by atoms with van der Waals surface area (Å²) in [4.78, 5) is 42.1. The number of aliphatic imine (C=N–C) groups is 1. The monoisotopic (exact) mass is 574 g/mol. The Morgan fingerprint density at radius 1 is 1.23 bits per heavy atom. The average Bonchev–Trinajstić information content (AvgIpc) is 3.20. The molecule has 1 saturated heterocycles. The van der Waals surface area contributed by atoms with Crippen molar-refractivity contribution in [2.75, 3.05) is 25.9 Å². The molecule has 3 aliphatic rings. The van der Waals surface area contributed by atoms with Crippen LogP contribution < -0.4 is 5.32 Å². The zero-order chi connectivity index (χ0) is 28.6. The number of carbonyl (C=O) groups is 2. The molecule has 4 heterocycles. The number of likely N-dealkylation sites (tertiary alicyclic amines) is 1. The molecule has 216 valence electrons. The molecule has 0 radical (unpaired) electrons. The molecule has 0 spiro atoms. The van der Waals surface area contributed by atoms with Gasteiger partial charge in [0.25, 0.3) is 11.8 Å². The van der Waals surface area contributed by atoms with E-state index in [9.17, 15) is 18.4 Å². The van der Waals surface area contributed by atoms with Gasteiger partial charge in [-0.25, -0.2) is 15.0 Å². The summed E-state index contributed by atoms with van der Waals surface area (Å²) in [5, 5.41) is 3.66. The highest BCUT2D eigenvalue weighted by Gasteiger charge is 2.38. The van der Waals surface area contributed by atoms with E-state index in [1.807, 2.05) is 19.3 Å². The van der Waals surface area contributed by atoms with E-state index in [2.05, 4.69) is 41.4 Å². The Bertz CT molecular complexity index is 1330. The number of dihydropyridines is 1. The first kappa shape index (κ1) is 28.8. The van der Waals surface area contributed by atoms with E-state index >= 15 is 0 Å². The maximum atomic E-state index is 13.5. The molecular formula is C28H36F2N6O3S. The molecule has 2 aromatic heterocycles. The normalized spacial score (nSPS) is 25.1. The SMILES string of the molecule is CSC1=CC(C)=NC(=O)C1CNC(=O)c1c(C)n([C@H](C)C2CCC(N3CC(OC(F)F)C3)CC2)c2ncncc12. The fourth-order valence-corrected chi connectivity index (χ4v) is 7.25. The summed E-state index contributed by atoms with van der Waals surface area (Å²) in [5.74, 6) is -0.608. The Kier molecular flexibility index (Phi) is 8.67. The van der Waals surface area contributed by atoms with Crippen molar-refractivity contribution in [3.8, 4) is 0 Å². The number of fused-ring (bicyclic) bond motifs is 1. The Hall–Kier alpha value is -2.70. The zero-order valence-corrected chi connectivity index (χ0v) is 24.1. The van der Waals surface area contributed by atoms with Gasteiger partial charge in [0.1, 0.15) is 12.0 Å². The van der Waals surface area contributed by atoms with Crippen molar-refractivity contribution in [3.05, 3.63) is 34.8 Å². The molecule has 40 heavy (non-hydrogen) atoms. The Labute approximate surface area is 236 Å². The van der Waals surface area contributed by atoms with E-state index in [1.54, 1.807) is 13.1 Å². The number of thioether (sulfide) groups is 1. The molecule has 2 amide bonds. The number of ether oxygens (including phenoxy) is 1. The molecule has 12 heteroatoms. The lowest BCUT2D eigenvalue weighted by Crippen LogP contribution is -2.57. The Morgan fingerprint density at radius 3 is 2.62 bits per heavy atom. The summed E-state index contributed by atoms with van der Waals surface area (Å²) in [6.45, 7) is 4.50. The summed E-state index contributed by atoms with van der Waals surface area (Å²) < 4.78 is 31.7. The molecule has 1 unspecified atom stereocenters. The van der Waals surface area contributed by atoms with Crippen molar-refractivity contribution >= 4 is 40.3 Å². The van der Waals surface area contributed by atoms with Crippen LogP contribution in [-0.2, 0) is 9.53 Å². The molecule has 2 aromatic rings. The first-order valence-electron chi connectivity index (χ1n) is 13.8. The van der Waals surface area contributed by atoms with E-state index in [0.29, 0.717) is 41.7 Å². The van der Waals surface area contributed by atoms with Crippen LogP contribution in [0.15, 0.2) is 28.5 Å². The fraction of sp³-hybridized carbons (Fsp3) is 0.607. The Balaban J connectivity index is 1.28. The largest absolute Gasteiger partial charge is 0.351 e. The van der Waals surface area contributed by atoms with E-state index in [4.69, 9.17) is 0 Å². The molecule has 1 saturated carbocycles. The van der Waals surface area contributed by atoms with Crippen LogP contribution in [-0.4, -0.2) is 81.6 Å². The predicted octanol–water partition coefficient (Wildman–Crippen LogP) is 4.38. The van der Waals surface area contributed by atoms with Gasteiger partial charge < -0.3 is 14.6 Å². The summed E-state index contributed by atoms with van der Waals surface area (Å²) in [5.41, 5.74) is 2.74. The maximum absolute atomic E-state index is 13.5. The number of rotatable bonds is 9. The van der Waals surface area contributed by atoms with Crippen molar-refractivity contribution in [2.24, 2.45) is 16.8 Å². The summed E-state index contributed by atoms with van der Waals surface area (Å²) in [7, 11) is 0. The van der Waals surface area contributed by atoms with Gasteiger partial charge in [0.15, 0.2) is 0 Å². The third kappa shape index (κ3) is 5.71. The number of nitrogens with zero attached hydrogens (tertiary/aromatic N) is 5. The standard InChI is InChI=1S/C28H36F2N6O3S/c1-15-9-23(40-4)21(26(37)34-15)11-32-27(38)24-17(3)36(25-22(24)10-31-14-33-25)16(2)18-5-7-19(8-6-18)35-12-20(13-35)39-28(29)30/h9-10,14,16,18-21,28H,5-8,11-13H2,1-4H3,(H,32,38)/t16-,18?,19?,21?/m1/s1. The van der Waals surface area contributed by atoms with Crippen LogP contribution in [0.25, 0.3) is 11.0 Å². The van der Waals surface area contributed by atoms with Gasteiger partial charge >= 0.3 is 6.61 Å². The van der Waals surface area contributed by atoms with Crippen molar-refractivity contribution in [2.45, 2.75) is 71.3 Å². The van der Waals surface area contributed by atoms with Crippen LogP contribution in [0.2, 0.25) is 0 Å². The van der Waals surface area contributed by atoms with Gasteiger partial charge in [-0.2, -0.15) is 8.78 Å². The number of amides is 2. The van der Waals surface area contributed by atoms with Crippen molar-refractivity contribution in [1.82, 2.24) is 24.8 Å². The summed E-state index contributed by atoms with van der Waals surface area (Å²) in [6.07, 6.45) is 10.6. The minimum absolute atomic E-state index is 0.106. The lowest BCUT2D eigenvalue weighted by Gasteiger charge is -2.46. The molecule has 9 nitrogen and oxygen atoms in total. The molecule has 0 bridgehead atoms. The minimum atomic E-state index is -2.71. The van der Waals surface area contributed by atoms with E-state index in [1.165, 1.54) is 18.1 Å². The van der Waals surface area contributed by atoms with Crippen LogP contribution in [0.3, 0.4) is 0 Å². The number of alkyl halides is 2. The number of allylic oxidation sites excluding steroid dienone is 1. The summed E-state index contributed by atoms with van der Waals surface area (Å²) in [6, 6.07) is 0.498. The van der Waals surface area contributed by atoms with Crippen LogP contribution in [0.5, 0.6) is 0 Å². The second-order valence-corrected chi connectivity index (χ2v) is 11.9. The third-order valence-corrected chi connectivity index (χ3v) is 9.51. The van der Waals surface area contributed by atoms with Gasteiger partial charge in [-0.3, -0.25) is 14.5 Å². The van der Waals surface area contributed by atoms with Crippen LogP contribution in [0.4, 0.5) is 8.78 Å². The quantitative estimate of drug-likeness (QED) is 0.474. The van der Waals surface area contributed by atoms with Crippen LogP contribution in [0, 0.1) is 18.8 Å². The smallest absolute Gasteiger partial charge is 0.345 e. The zero-order valence-electron chi connectivity index (χ0n) is 23.3. The molecule has 5 rings (SSSR count). The molecule has 1 aliphatic carbocycles. The second kappa shape index (κ2) is 12.0. The molecule has 2 fully saturated rings. The minimum Gasteiger partial charge on any atom is -0.351 e. The van der Waals surface area contributed by atoms with Gasteiger partial charge in [0.05, 0.1) is 23.0 Å². The molecular weight excluding hydrogens is 538 g/mol. The van der Waals surface area contributed by atoms with Crippen molar-refractivity contribution < 1.29 is 23.1 Å². The lowest BCUT2D eigenvalue weighted by molar-refractivity contribution is -0.202. The number of carbonyl (C=O) groups excluding carboxylic acids is 2. The fourth-order valence-electron chi connectivity index (χ4n) is 6.49. The van der Waals surface area contributed by atoms with Crippen LogP contribution >= 0.6 is 11.8 Å². The number of nitrogens with one attached hydrogen (secondary N) is 1. The molecule has 0 aromatic carbocycles. The van der Waals surface area contributed by atoms with E-state index in [-0.39, 0.29) is 30.5 Å². The Morgan fingerprint density at radius 2 is 1.95 bits per heavy atom. The highest BCUT2D eigenvalue weighted by Crippen LogP contribution is 2.39.